The lowest BCUT2D eigenvalue weighted by Gasteiger charge is -2.63. The van der Waals surface area contributed by atoms with E-state index in [1.165, 1.54) is 6.42 Å². The maximum absolute atomic E-state index is 12.4. The van der Waals surface area contributed by atoms with Crippen LogP contribution in [0.5, 0.6) is 0 Å². The van der Waals surface area contributed by atoms with Gasteiger partial charge in [-0.1, -0.05) is 19.9 Å². The van der Waals surface area contributed by atoms with E-state index in [0.29, 0.717) is 37.4 Å². The second-order valence-electron chi connectivity index (χ2n) is 11.3. The number of aliphatic hydroxyl groups is 1. The second kappa shape index (κ2) is 6.08. The fourth-order valence-corrected chi connectivity index (χ4v) is 8.96. The van der Waals surface area contributed by atoms with Gasteiger partial charge >= 0.3 is 0 Å². The Hall–Kier alpha value is -0.910. The zero-order valence-corrected chi connectivity index (χ0v) is 18.7. The number of rotatable bonds is 1. The van der Waals surface area contributed by atoms with Gasteiger partial charge in [-0.2, -0.15) is 0 Å². The van der Waals surface area contributed by atoms with Crippen LogP contribution in [0.2, 0.25) is 0 Å². The van der Waals surface area contributed by atoms with Crippen molar-refractivity contribution in [2.24, 2.45) is 34.5 Å². The molecule has 0 aromatic carbocycles. The van der Waals surface area contributed by atoms with Crippen molar-refractivity contribution in [3.8, 4) is 0 Å². The van der Waals surface area contributed by atoms with E-state index in [1.807, 2.05) is 11.9 Å². The van der Waals surface area contributed by atoms with Gasteiger partial charge < -0.3 is 19.5 Å². The Morgan fingerprint density at radius 3 is 2.52 bits per heavy atom. The summed E-state index contributed by atoms with van der Waals surface area (Å²) in [4.78, 5) is 14.2. The van der Waals surface area contributed by atoms with E-state index in [-0.39, 0.29) is 22.7 Å². The zero-order valence-electron chi connectivity index (χ0n) is 18.7. The van der Waals surface area contributed by atoms with Crippen LogP contribution in [-0.2, 0) is 14.3 Å². The molecule has 2 heterocycles. The highest BCUT2D eigenvalue weighted by Crippen LogP contribution is 2.70. The van der Waals surface area contributed by atoms with Crippen molar-refractivity contribution in [1.29, 1.82) is 0 Å². The second-order valence-corrected chi connectivity index (χ2v) is 11.3. The van der Waals surface area contributed by atoms with Gasteiger partial charge in [0.25, 0.3) is 0 Å². The summed E-state index contributed by atoms with van der Waals surface area (Å²) in [6.07, 6.45) is 7.74. The lowest BCUT2D eigenvalue weighted by molar-refractivity contribution is -0.238. The molecule has 0 radical (unpaired) electrons. The van der Waals surface area contributed by atoms with E-state index in [4.69, 9.17) is 9.47 Å². The number of fused-ring (bicyclic) bond motifs is 5. The number of carbonyl (C=O) groups is 1. The van der Waals surface area contributed by atoms with Crippen molar-refractivity contribution in [3.63, 3.8) is 0 Å². The van der Waals surface area contributed by atoms with Crippen molar-refractivity contribution in [2.45, 2.75) is 77.6 Å². The molecule has 4 unspecified atom stereocenters. The summed E-state index contributed by atoms with van der Waals surface area (Å²) in [5.74, 6) is 1.17. The number of likely N-dealkylation sites (tertiary alicyclic amines) is 1. The summed E-state index contributed by atoms with van der Waals surface area (Å²) in [5.41, 5.74) is 0.228. The first-order valence-corrected chi connectivity index (χ1v) is 11.5. The predicted octanol–water partition coefficient (Wildman–Crippen LogP) is 3.72. The average molecular weight is 404 g/mol. The molecule has 4 fully saturated rings. The van der Waals surface area contributed by atoms with Crippen LogP contribution in [0.3, 0.4) is 0 Å². The van der Waals surface area contributed by atoms with E-state index in [0.717, 1.165) is 31.4 Å². The molecule has 5 aliphatic rings. The molecule has 0 bridgehead atoms. The van der Waals surface area contributed by atoms with Gasteiger partial charge in [-0.25, -0.2) is 0 Å². The smallest absolute Gasteiger partial charge is 0.226 e. The van der Waals surface area contributed by atoms with Crippen LogP contribution >= 0.6 is 0 Å². The highest BCUT2D eigenvalue weighted by atomic mass is 16.7. The van der Waals surface area contributed by atoms with Gasteiger partial charge in [0.05, 0.1) is 18.8 Å². The first-order chi connectivity index (χ1) is 13.5. The minimum Gasteiger partial charge on any atom is -0.390 e. The van der Waals surface area contributed by atoms with Crippen LogP contribution in [0.15, 0.2) is 11.8 Å². The molecule has 0 spiro atoms. The number of carbonyl (C=O) groups excluding carboxylic acids is 1. The normalized spacial score (nSPS) is 51.3. The maximum Gasteiger partial charge on any atom is 0.226 e. The third-order valence-electron chi connectivity index (χ3n) is 9.71. The molecule has 1 N–H and O–H groups in total. The highest BCUT2D eigenvalue weighted by Gasteiger charge is 2.68. The SMILES string of the molecule is CN1C(=O)CC[C@@]2(C)C1=CCC1C3CCC(C4(C)OCCO4)[C@@]3(C)C[C@](C)(O)C12. The average Bonchev–Trinajstić information content (AvgIpc) is 3.21. The number of piperidine rings is 1. The Bertz CT molecular complexity index is 754. The van der Waals surface area contributed by atoms with Gasteiger partial charge in [0, 0.05) is 36.4 Å². The van der Waals surface area contributed by atoms with E-state index in [1.54, 1.807) is 0 Å². The molecule has 3 aliphatic carbocycles. The van der Waals surface area contributed by atoms with Crippen LogP contribution in [0.4, 0.5) is 0 Å². The number of allylic oxidation sites excluding steroid dienone is 2. The fraction of sp³-hybridized carbons (Fsp3) is 0.875. The molecule has 0 aromatic heterocycles. The van der Waals surface area contributed by atoms with Crippen LogP contribution in [-0.4, -0.2) is 47.6 Å². The Morgan fingerprint density at radius 2 is 1.83 bits per heavy atom. The molecule has 0 aromatic rings. The summed E-state index contributed by atoms with van der Waals surface area (Å²) in [7, 11) is 1.91. The molecule has 29 heavy (non-hydrogen) atoms. The molecule has 2 aliphatic heterocycles. The maximum atomic E-state index is 12.4. The van der Waals surface area contributed by atoms with Crippen LogP contribution in [0, 0.1) is 34.5 Å². The monoisotopic (exact) mass is 403 g/mol. The molecule has 7 atom stereocenters. The first-order valence-electron chi connectivity index (χ1n) is 11.5. The topological polar surface area (TPSA) is 59.0 Å². The molecule has 5 heteroatoms. The molecule has 2 saturated heterocycles. The summed E-state index contributed by atoms with van der Waals surface area (Å²) in [6.45, 7) is 10.2. The fourth-order valence-electron chi connectivity index (χ4n) is 8.96. The number of amides is 1. The summed E-state index contributed by atoms with van der Waals surface area (Å²) in [5, 5.41) is 12.0. The van der Waals surface area contributed by atoms with Gasteiger partial charge in [-0.05, 0) is 63.2 Å². The first kappa shape index (κ1) is 20.0. The number of hydrogen-bond acceptors (Lipinski definition) is 4. The number of ether oxygens (including phenoxy) is 2. The molecule has 5 rings (SSSR count). The Morgan fingerprint density at radius 1 is 1.14 bits per heavy atom. The number of nitrogens with zero attached hydrogens (tertiary/aromatic N) is 1. The number of hydrogen-bond donors (Lipinski definition) is 1. The van der Waals surface area contributed by atoms with Gasteiger partial charge in [-0.15, -0.1) is 0 Å². The van der Waals surface area contributed by atoms with E-state index in [9.17, 15) is 9.90 Å². The van der Waals surface area contributed by atoms with Crippen molar-refractivity contribution in [1.82, 2.24) is 4.90 Å². The predicted molar refractivity (Wildman–Crippen MR) is 110 cm³/mol. The van der Waals surface area contributed by atoms with E-state index >= 15 is 0 Å². The molecular weight excluding hydrogens is 366 g/mol. The van der Waals surface area contributed by atoms with Crippen molar-refractivity contribution >= 4 is 5.91 Å². The molecular formula is C24H37NO4. The van der Waals surface area contributed by atoms with Crippen LogP contribution in [0.25, 0.3) is 0 Å². The van der Waals surface area contributed by atoms with Crippen molar-refractivity contribution in [3.05, 3.63) is 11.8 Å². The van der Waals surface area contributed by atoms with Gasteiger partial charge in [0.2, 0.25) is 5.91 Å². The minimum absolute atomic E-state index is 0.00183. The molecule has 2 saturated carbocycles. The van der Waals surface area contributed by atoms with E-state index < -0.39 is 11.4 Å². The summed E-state index contributed by atoms with van der Waals surface area (Å²) < 4.78 is 12.2. The Balaban J connectivity index is 1.56. The third-order valence-corrected chi connectivity index (χ3v) is 9.71. The zero-order chi connectivity index (χ0) is 20.8. The molecule has 1 amide bonds. The largest absolute Gasteiger partial charge is 0.390 e. The summed E-state index contributed by atoms with van der Waals surface area (Å²) in [6, 6.07) is 0. The Kier molecular flexibility index (Phi) is 4.19. The standard InChI is InChI=1S/C24H37NO4/c1-21-11-10-19(26)25(5)18(21)9-6-15-16-7-8-17(24(4)28-12-13-29-24)22(16,2)14-23(3,27)20(15)21/h9,15-17,20,27H,6-8,10-14H2,1-5H3/t15?,16?,17?,20?,21-,22-,23-/m0/s1. The van der Waals surface area contributed by atoms with E-state index in [2.05, 4.69) is 33.8 Å². The molecule has 5 nitrogen and oxygen atoms in total. The lowest BCUT2D eigenvalue weighted by atomic mass is 9.44. The highest BCUT2D eigenvalue weighted by molar-refractivity contribution is 5.79. The van der Waals surface area contributed by atoms with Crippen LogP contribution < -0.4 is 0 Å². The van der Waals surface area contributed by atoms with Gasteiger partial charge in [0.15, 0.2) is 5.79 Å². The molecule has 162 valence electrons. The van der Waals surface area contributed by atoms with Gasteiger partial charge in [-0.3, -0.25) is 4.79 Å². The third kappa shape index (κ3) is 2.53. The minimum atomic E-state index is -0.775. The lowest BCUT2D eigenvalue weighted by Crippen LogP contribution is -2.63. The van der Waals surface area contributed by atoms with Crippen LogP contribution in [0.1, 0.15) is 66.2 Å². The Labute approximate surface area is 174 Å². The van der Waals surface area contributed by atoms with Crippen molar-refractivity contribution in [2.75, 3.05) is 20.3 Å². The van der Waals surface area contributed by atoms with Gasteiger partial charge in [0.1, 0.15) is 0 Å². The quantitative estimate of drug-likeness (QED) is 0.725. The van der Waals surface area contributed by atoms with Crippen molar-refractivity contribution < 1.29 is 19.4 Å². The summed E-state index contributed by atoms with van der Waals surface area (Å²) >= 11 is 0.